The third-order valence-electron chi connectivity index (χ3n) is 3.70. The number of carbonyl (C=O) groups excluding carboxylic acids is 1. The third-order valence-corrected chi connectivity index (χ3v) is 3.70. The lowest BCUT2D eigenvalue weighted by Gasteiger charge is -2.08. The van der Waals surface area contributed by atoms with E-state index in [1.807, 2.05) is 0 Å². The highest BCUT2D eigenvalue weighted by Gasteiger charge is 2.32. The molecule has 0 atom stereocenters. The van der Waals surface area contributed by atoms with Gasteiger partial charge in [-0.3, -0.25) is 4.79 Å². The Bertz CT molecular complexity index is 1000. The quantitative estimate of drug-likeness (QED) is 0.705. The number of nitrogens with zero attached hydrogens (tertiary/aromatic N) is 2. The number of anilines is 1. The minimum Gasteiger partial charge on any atom is -0.497 e. The third kappa shape index (κ3) is 4.05. The first kappa shape index (κ1) is 19.2. The molecule has 0 aliphatic carbocycles. The molecule has 0 saturated carbocycles. The molecule has 7 nitrogen and oxygen atoms in total. The van der Waals surface area contributed by atoms with Crippen molar-refractivity contribution in [2.24, 2.45) is 0 Å². The molecule has 1 aromatic carbocycles. The summed E-state index contributed by atoms with van der Waals surface area (Å²) < 4.78 is 53.8. The summed E-state index contributed by atoms with van der Waals surface area (Å²) in [5, 5.41) is 5.92. The predicted octanol–water partition coefficient (Wildman–Crippen LogP) is 4.02. The first-order valence-corrected chi connectivity index (χ1v) is 7.86. The summed E-state index contributed by atoms with van der Waals surface area (Å²) in [5.41, 5.74) is -0.767. The van der Waals surface area contributed by atoms with Crippen LogP contribution in [-0.2, 0) is 6.18 Å². The van der Waals surface area contributed by atoms with Gasteiger partial charge in [-0.1, -0.05) is 11.2 Å². The number of benzene rings is 1. The van der Waals surface area contributed by atoms with Crippen molar-refractivity contribution in [3.63, 3.8) is 0 Å². The lowest BCUT2D eigenvalue weighted by atomic mass is 10.1. The molecule has 1 amide bonds. The van der Waals surface area contributed by atoms with Crippen LogP contribution in [0.2, 0.25) is 0 Å². The van der Waals surface area contributed by atoms with Crippen LogP contribution < -0.4 is 14.8 Å². The highest BCUT2D eigenvalue weighted by atomic mass is 19.4. The minimum atomic E-state index is -4.62. The van der Waals surface area contributed by atoms with Gasteiger partial charge in [-0.15, -0.1) is 0 Å². The predicted molar refractivity (Wildman–Crippen MR) is 92.2 cm³/mol. The monoisotopic (exact) mass is 393 g/mol. The summed E-state index contributed by atoms with van der Waals surface area (Å²) in [4.78, 5) is 15.7. The Balaban J connectivity index is 1.84. The highest BCUT2D eigenvalue weighted by molar-refractivity contribution is 6.02. The molecule has 2 aromatic heterocycles. The lowest BCUT2D eigenvalue weighted by molar-refractivity contribution is -0.141. The number of amides is 1. The van der Waals surface area contributed by atoms with E-state index >= 15 is 0 Å². The first-order valence-electron chi connectivity index (χ1n) is 7.86. The molecule has 2 heterocycles. The Morgan fingerprint density at radius 3 is 2.57 bits per heavy atom. The molecule has 0 bridgehead atoms. The molecule has 0 unspecified atom stereocenters. The Morgan fingerprint density at radius 1 is 1.11 bits per heavy atom. The van der Waals surface area contributed by atoms with Crippen LogP contribution in [0, 0.1) is 0 Å². The molecule has 0 spiro atoms. The van der Waals surface area contributed by atoms with Crippen molar-refractivity contribution in [1.82, 2.24) is 10.1 Å². The molecule has 146 valence electrons. The highest BCUT2D eigenvalue weighted by Crippen LogP contribution is 2.34. The molecular weight excluding hydrogens is 379 g/mol. The zero-order chi connectivity index (χ0) is 20.3. The number of hydrogen-bond donors (Lipinski definition) is 1. The van der Waals surface area contributed by atoms with E-state index in [4.69, 9.17) is 14.0 Å². The molecule has 0 aliphatic heterocycles. The van der Waals surface area contributed by atoms with Gasteiger partial charge < -0.3 is 19.3 Å². The largest absolute Gasteiger partial charge is 0.497 e. The topological polar surface area (TPSA) is 86.5 Å². The summed E-state index contributed by atoms with van der Waals surface area (Å²) >= 11 is 0. The van der Waals surface area contributed by atoms with Gasteiger partial charge in [0.1, 0.15) is 23.0 Å². The van der Waals surface area contributed by atoms with Gasteiger partial charge in [-0.25, -0.2) is 4.98 Å². The Morgan fingerprint density at radius 2 is 1.89 bits per heavy atom. The standard InChI is InChI=1S/C18H14F3N3O4/c1-26-10-6-7-13(27-2)11(8-10)14-9-12(24-28-14)17(25)23-16-5-3-4-15(22-16)18(19,20)21/h3-9H,1-2H3,(H,22,23,25). The number of pyridine rings is 1. The van der Waals surface area contributed by atoms with Crippen molar-refractivity contribution in [3.05, 3.63) is 53.9 Å². The zero-order valence-electron chi connectivity index (χ0n) is 14.7. The summed E-state index contributed by atoms with van der Waals surface area (Å²) in [6.45, 7) is 0. The second-order valence-corrected chi connectivity index (χ2v) is 5.50. The number of methoxy groups -OCH3 is 2. The smallest absolute Gasteiger partial charge is 0.433 e. The van der Waals surface area contributed by atoms with Gasteiger partial charge in [0.15, 0.2) is 11.5 Å². The van der Waals surface area contributed by atoms with Crippen LogP contribution >= 0.6 is 0 Å². The molecule has 1 N–H and O–H groups in total. The van der Waals surface area contributed by atoms with E-state index in [-0.39, 0.29) is 17.3 Å². The van der Waals surface area contributed by atoms with E-state index in [2.05, 4.69) is 15.5 Å². The Labute approximate surface area is 157 Å². The maximum absolute atomic E-state index is 12.7. The number of rotatable bonds is 5. The molecule has 28 heavy (non-hydrogen) atoms. The molecule has 0 saturated heterocycles. The van der Waals surface area contributed by atoms with Crippen molar-refractivity contribution in [2.75, 3.05) is 19.5 Å². The first-order chi connectivity index (χ1) is 13.3. The molecule has 0 aliphatic rings. The average molecular weight is 393 g/mol. The van der Waals surface area contributed by atoms with Gasteiger partial charge >= 0.3 is 6.18 Å². The SMILES string of the molecule is COc1ccc(OC)c(-c2cc(C(=O)Nc3cccc(C(F)(F)F)n3)no2)c1. The fourth-order valence-corrected chi connectivity index (χ4v) is 2.36. The fraction of sp³-hybridized carbons (Fsp3) is 0.167. The molecular formula is C18H14F3N3O4. The number of nitrogens with one attached hydrogen (secondary N) is 1. The van der Waals surface area contributed by atoms with Crippen LogP contribution in [-0.4, -0.2) is 30.3 Å². The van der Waals surface area contributed by atoms with E-state index in [0.717, 1.165) is 12.1 Å². The molecule has 3 rings (SSSR count). The van der Waals surface area contributed by atoms with Crippen LogP contribution in [0.25, 0.3) is 11.3 Å². The minimum absolute atomic E-state index is 0.140. The van der Waals surface area contributed by atoms with Crippen LogP contribution in [0.1, 0.15) is 16.2 Å². The zero-order valence-corrected chi connectivity index (χ0v) is 14.7. The Kier molecular flexibility index (Phi) is 5.21. The number of alkyl halides is 3. The summed E-state index contributed by atoms with van der Waals surface area (Å²) in [5.74, 6) is 0.180. The van der Waals surface area contributed by atoms with Crippen LogP contribution in [0.5, 0.6) is 11.5 Å². The van der Waals surface area contributed by atoms with Crippen molar-refractivity contribution in [2.45, 2.75) is 6.18 Å². The van der Waals surface area contributed by atoms with E-state index < -0.39 is 17.8 Å². The molecule has 3 aromatic rings. The fourth-order valence-electron chi connectivity index (χ4n) is 2.36. The van der Waals surface area contributed by atoms with Crippen molar-refractivity contribution in [1.29, 1.82) is 0 Å². The van der Waals surface area contributed by atoms with Gasteiger partial charge in [0.2, 0.25) is 0 Å². The van der Waals surface area contributed by atoms with Crippen LogP contribution in [0.4, 0.5) is 19.0 Å². The number of ether oxygens (including phenoxy) is 2. The number of carbonyl (C=O) groups is 1. The Hall–Kier alpha value is -3.56. The normalized spacial score (nSPS) is 11.2. The van der Waals surface area contributed by atoms with Crippen molar-refractivity contribution in [3.8, 4) is 22.8 Å². The summed E-state index contributed by atoms with van der Waals surface area (Å²) in [6, 6.07) is 9.49. The summed E-state index contributed by atoms with van der Waals surface area (Å²) in [6.07, 6.45) is -4.62. The van der Waals surface area contributed by atoms with E-state index in [9.17, 15) is 18.0 Å². The van der Waals surface area contributed by atoms with E-state index in [0.29, 0.717) is 17.1 Å². The molecule has 0 fully saturated rings. The molecule has 10 heteroatoms. The summed E-state index contributed by atoms with van der Waals surface area (Å²) in [7, 11) is 2.96. The van der Waals surface area contributed by atoms with Gasteiger partial charge in [0.25, 0.3) is 5.91 Å². The van der Waals surface area contributed by atoms with E-state index in [1.54, 1.807) is 18.2 Å². The van der Waals surface area contributed by atoms with Crippen LogP contribution in [0.15, 0.2) is 47.0 Å². The number of halogens is 3. The maximum atomic E-state index is 12.7. The second kappa shape index (κ2) is 7.59. The van der Waals surface area contributed by atoms with Crippen molar-refractivity contribution < 1.29 is 32.0 Å². The van der Waals surface area contributed by atoms with Gasteiger partial charge in [0, 0.05) is 6.07 Å². The molecule has 0 radical (unpaired) electrons. The van der Waals surface area contributed by atoms with Gasteiger partial charge in [-0.05, 0) is 30.3 Å². The second-order valence-electron chi connectivity index (χ2n) is 5.50. The number of hydrogen-bond acceptors (Lipinski definition) is 6. The average Bonchev–Trinajstić information content (AvgIpc) is 3.17. The lowest BCUT2D eigenvalue weighted by Crippen LogP contribution is -2.15. The van der Waals surface area contributed by atoms with Crippen molar-refractivity contribution >= 4 is 11.7 Å². The maximum Gasteiger partial charge on any atom is 0.433 e. The number of aromatic nitrogens is 2. The van der Waals surface area contributed by atoms with Gasteiger partial charge in [0.05, 0.1) is 19.8 Å². The van der Waals surface area contributed by atoms with Crippen LogP contribution in [0.3, 0.4) is 0 Å². The van der Waals surface area contributed by atoms with E-state index in [1.165, 1.54) is 26.4 Å². The van der Waals surface area contributed by atoms with Gasteiger partial charge in [-0.2, -0.15) is 13.2 Å².